The number of aryl methyl sites for hydroxylation is 1. The van der Waals surface area contributed by atoms with Crippen molar-refractivity contribution in [1.29, 1.82) is 0 Å². The smallest absolute Gasteiger partial charge is 0.213 e. The largest absolute Gasteiger partial charge is 0.481 e. The van der Waals surface area contributed by atoms with E-state index in [9.17, 15) is 0 Å². The van der Waals surface area contributed by atoms with Gasteiger partial charge in [0, 0.05) is 23.9 Å². The molecule has 74 valence electrons. The molecule has 0 saturated heterocycles. The number of nitrogens with zero attached hydrogens (tertiary/aromatic N) is 2. The van der Waals surface area contributed by atoms with Gasteiger partial charge in [-0.2, -0.15) is 0 Å². The van der Waals surface area contributed by atoms with Crippen molar-refractivity contribution < 1.29 is 4.74 Å². The van der Waals surface area contributed by atoms with E-state index in [2.05, 4.69) is 9.98 Å². The molecule has 0 aromatic carbocycles. The molecule has 0 atom stereocenters. The lowest BCUT2D eigenvalue weighted by Crippen LogP contribution is -2.02. The highest BCUT2D eigenvalue weighted by Crippen LogP contribution is 2.18. The van der Waals surface area contributed by atoms with Crippen molar-refractivity contribution >= 4 is 5.71 Å². The summed E-state index contributed by atoms with van der Waals surface area (Å²) in [5, 5.41) is 0. The topological polar surface area (TPSA) is 34.5 Å². The normalized spacial score (nSPS) is 15.4. The predicted octanol–water partition coefficient (Wildman–Crippen LogP) is 1.98. The molecule has 0 radical (unpaired) electrons. The van der Waals surface area contributed by atoms with Gasteiger partial charge in [0.1, 0.15) is 0 Å². The van der Waals surface area contributed by atoms with Gasteiger partial charge in [-0.15, -0.1) is 0 Å². The van der Waals surface area contributed by atoms with Gasteiger partial charge in [-0.25, -0.2) is 4.98 Å². The number of aromatic nitrogens is 1. The molecule has 2 rings (SSSR count). The number of rotatable bonds is 2. The van der Waals surface area contributed by atoms with Gasteiger partial charge in [0.25, 0.3) is 0 Å². The molecule has 0 bridgehead atoms. The fourth-order valence-electron chi connectivity index (χ4n) is 1.72. The Morgan fingerprint density at radius 2 is 2.21 bits per heavy atom. The molecular formula is C11H14N2O. The number of ether oxygens (including phenoxy) is 1. The predicted molar refractivity (Wildman–Crippen MR) is 56.2 cm³/mol. The van der Waals surface area contributed by atoms with Gasteiger partial charge in [-0.05, 0) is 25.8 Å². The van der Waals surface area contributed by atoms with Crippen LogP contribution in [0.3, 0.4) is 0 Å². The first-order chi connectivity index (χ1) is 6.81. The average molecular weight is 190 g/mol. The highest BCUT2D eigenvalue weighted by molar-refractivity contribution is 6.02. The first kappa shape index (κ1) is 9.19. The van der Waals surface area contributed by atoms with E-state index in [1.165, 1.54) is 17.7 Å². The van der Waals surface area contributed by atoms with Crippen LogP contribution in [-0.4, -0.2) is 24.4 Å². The monoisotopic (exact) mass is 190 g/mol. The molecule has 14 heavy (non-hydrogen) atoms. The van der Waals surface area contributed by atoms with Crippen molar-refractivity contribution in [2.75, 3.05) is 13.7 Å². The number of methoxy groups -OCH3 is 1. The van der Waals surface area contributed by atoms with Crippen LogP contribution in [0, 0.1) is 6.92 Å². The van der Waals surface area contributed by atoms with Crippen molar-refractivity contribution in [1.82, 2.24) is 4.98 Å². The zero-order chi connectivity index (χ0) is 9.97. The van der Waals surface area contributed by atoms with Crippen LogP contribution in [0.4, 0.5) is 0 Å². The molecule has 1 aliphatic rings. The van der Waals surface area contributed by atoms with Crippen LogP contribution in [0.1, 0.15) is 24.1 Å². The Morgan fingerprint density at radius 1 is 1.36 bits per heavy atom. The highest BCUT2D eigenvalue weighted by atomic mass is 16.5. The zero-order valence-corrected chi connectivity index (χ0v) is 8.58. The Labute approximate surface area is 83.8 Å². The fourth-order valence-corrected chi connectivity index (χ4v) is 1.72. The molecule has 1 aromatic rings. The SMILES string of the molecule is COc1ccc(C2=NCCC2)c(C)n1. The van der Waals surface area contributed by atoms with Gasteiger partial charge in [0.05, 0.1) is 12.8 Å². The third kappa shape index (κ3) is 1.62. The van der Waals surface area contributed by atoms with Gasteiger partial charge in [0.2, 0.25) is 5.88 Å². The Kier molecular flexibility index (Phi) is 2.48. The van der Waals surface area contributed by atoms with Gasteiger partial charge < -0.3 is 4.74 Å². The van der Waals surface area contributed by atoms with Gasteiger partial charge in [0.15, 0.2) is 0 Å². The maximum atomic E-state index is 5.06. The van der Waals surface area contributed by atoms with E-state index in [0.717, 1.165) is 18.7 Å². The number of aliphatic imine (C=N–C) groups is 1. The van der Waals surface area contributed by atoms with Crippen LogP contribution in [0.15, 0.2) is 17.1 Å². The van der Waals surface area contributed by atoms with Crippen LogP contribution in [0.5, 0.6) is 5.88 Å². The van der Waals surface area contributed by atoms with Crippen molar-refractivity contribution in [3.05, 3.63) is 23.4 Å². The minimum absolute atomic E-state index is 0.671. The van der Waals surface area contributed by atoms with E-state index in [4.69, 9.17) is 4.74 Å². The molecule has 2 heterocycles. The number of hydrogen-bond acceptors (Lipinski definition) is 3. The summed E-state index contributed by atoms with van der Waals surface area (Å²) in [7, 11) is 1.63. The lowest BCUT2D eigenvalue weighted by molar-refractivity contribution is 0.397. The molecule has 0 N–H and O–H groups in total. The third-order valence-corrected chi connectivity index (χ3v) is 2.45. The Bertz CT molecular complexity index is 372. The summed E-state index contributed by atoms with van der Waals surface area (Å²) in [6.45, 7) is 2.96. The average Bonchev–Trinajstić information content (AvgIpc) is 2.70. The summed E-state index contributed by atoms with van der Waals surface area (Å²) >= 11 is 0. The van der Waals surface area contributed by atoms with E-state index < -0.39 is 0 Å². The molecule has 1 aromatic heterocycles. The molecule has 0 unspecified atom stereocenters. The van der Waals surface area contributed by atoms with Crippen molar-refractivity contribution in [2.24, 2.45) is 4.99 Å². The first-order valence-corrected chi connectivity index (χ1v) is 4.86. The van der Waals surface area contributed by atoms with Crippen LogP contribution >= 0.6 is 0 Å². The summed E-state index contributed by atoms with van der Waals surface area (Å²) in [5.41, 5.74) is 3.37. The Morgan fingerprint density at radius 3 is 2.79 bits per heavy atom. The summed E-state index contributed by atoms with van der Waals surface area (Å²) in [6.07, 6.45) is 2.25. The quantitative estimate of drug-likeness (QED) is 0.714. The van der Waals surface area contributed by atoms with Crippen molar-refractivity contribution in [3.63, 3.8) is 0 Å². The van der Waals surface area contributed by atoms with Crippen LogP contribution in [-0.2, 0) is 0 Å². The lowest BCUT2D eigenvalue weighted by atomic mass is 10.1. The summed E-state index contributed by atoms with van der Waals surface area (Å²) < 4.78 is 5.06. The molecule has 0 fully saturated rings. The minimum atomic E-state index is 0.671. The highest BCUT2D eigenvalue weighted by Gasteiger charge is 2.12. The molecule has 1 aliphatic heterocycles. The summed E-state index contributed by atoms with van der Waals surface area (Å²) in [6, 6.07) is 3.94. The molecule has 0 amide bonds. The number of pyridine rings is 1. The van der Waals surface area contributed by atoms with E-state index in [0.29, 0.717) is 5.88 Å². The first-order valence-electron chi connectivity index (χ1n) is 4.86. The Balaban J connectivity index is 2.34. The maximum Gasteiger partial charge on any atom is 0.213 e. The molecule has 0 spiro atoms. The van der Waals surface area contributed by atoms with Crippen LogP contribution < -0.4 is 4.74 Å². The second-order valence-electron chi connectivity index (χ2n) is 3.42. The summed E-state index contributed by atoms with van der Waals surface area (Å²) in [5.74, 6) is 0.671. The van der Waals surface area contributed by atoms with E-state index in [1.807, 2.05) is 19.1 Å². The number of hydrogen-bond donors (Lipinski definition) is 0. The molecular weight excluding hydrogens is 176 g/mol. The van der Waals surface area contributed by atoms with E-state index in [-0.39, 0.29) is 0 Å². The van der Waals surface area contributed by atoms with E-state index in [1.54, 1.807) is 7.11 Å². The molecule has 3 heteroatoms. The van der Waals surface area contributed by atoms with Crippen molar-refractivity contribution in [2.45, 2.75) is 19.8 Å². The van der Waals surface area contributed by atoms with Gasteiger partial charge in [-0.3, -0.25) is 4.99 Å². The Hall–Kier alpha value is -1.38. The van der Waals surface area contributed by atoms with Crippen LogP contribution in [0.25, 0.3) is 0 Å². The summed E-state index contributed by atoms with van der Waals surface area (Å²) in [4.78, 5) is 8.79. The second-order valence-corrected chi connectivity index (χ2v) is 3.42. The molecule has 0 saturated carbocycles. The van der Waals surface area contributed by atoms with Crippen LogP contribution in [0.2, 0.25) is 0 Å². The fraction of sp³-hybridized carbons (Fsp3) is 0.455. The van der Waals surface area contributed by atoms with Gasteiger partial charge in [-0.1, -0.05) is 0 Å². The lowest BCUT2D eigenvalue weighted by Gasteiger charge is -2.06. The van der Waals surface area contributed by atoms with E-state index >= 15 is 0 Å². The second kappa shape index (κ2) is 3.78. The minimum Gasteiger partial charge on any atom is -0.481 e. The third-order valence-electron chi connectivity index (χ3n) is 2.45. The van der Waals surface area contributed by atoms with Gasteiger partial charge >= 0.3 is 0 Å². The van der Waals surface area contributed by atoms with Crippen molar-refractivity contribution in [3.8, 4) is 5.88 Å². The molecule has 3 nitrogen and oxygen atoms in total. The standard InChI is InChI=1S/C11H14N2O/c1-8-9(10-4-3-7-12-10)5-6-11(13-8)14-2/h5-6H,3-4,7H2,1-2H3. The maximum absolute atomic E-state index is 5.06. The molecule has 0 aliphatic carbocycles. The zero-order valence-electron chi connectivity index (χ0n) is 8.58.